The summed E-state index contributed by atoms with van der Waals surface area (Å²) in [6.45, 7) is 6.05. The van der Waals surface area contributed by atoms with E-state index in [0.717, 1.165) is 21.7 Å². The molecule has 0 atom stereocenters. The van der Waals surface area contributed by atoms with E-state index in [0.29, 0.717) is 24.5 Å². The molecule has 152 valence electrons. The van der Waals surface area contributed by atoms with Crippen molar-refractivity contribution in [3.05, 3.63) is 48.5 Å². The molecule has 0 radical (unpaired) electrons. The Labute approximate surface area is 174 Å². The Morgan fingerprint density at radius 2 is 1.83 bits per heavy atom. The SMILES string of the molecule is CC(C)(C)C(=O)NCCCC(=O)Nc1nc2ccc(Oc3ccccc3)cc2s1. The molecule has 0 saturated carbocycles. The number of fused-ring (bicyclic) bond motifs is 1. The quantitative estimate of drug-likeness (QED) is 0.538. The lowest BCUT2D eigenvalue weighted by Crippen LogP contribution is -2.35. The number of hydrogen-bond acceptors (Lipinski definition) is 5. The van der Waals surface area contributed by atoms with E-state index in [-0.39, 0.29) is 11.8 Å². The molecule has 2 aromatic carbocycles. The van der Waals surface area contributed by atoms with E-state index in [2.05, 4.69) is 15.6 Å². The van der Waals surface area contributed by atoms with Crippen LogP contribution in [0.4, 0.5) is 5.13 Å². The number of thiazole rings is 1. The third-order valence-corrected chi connectivity index (χ3v) is 5.07. The van der Waals surface area contributed by atoms with E-state index in [9.17, 15) is 9.59 Å². The number of benzene rings is 2. The van der Waals surface area contributed by atoms with Crippen LogP contribution in [-0.2, 0) is 9.59 Å². The van der Waals surface area contributed by atoms with E-state index >= 15 is 0 Å². The fourth-order valence-corrected chi connectivity index (χ4v) is 3.45. The number of carbonyl (C=O) groups is 2. The maximum Gasteiger partial charge on any atom is 0.226 e. The Bertz CT molecular complexity index is 993. The number of ether oxygens (including phenoxy) is 1. The normalized spacial score (nSPS) is 11.3. The first-order valence-corrected chi connectivity index (χ1v) is 10.3. The Morgan fingerprint density at radius 1 is 1.07 bits per heavy atom. The number of aromatic nitrogens is 1. The first-order chi connectivity index (χ1) is 13.8. The molecule has 0 aliphatic heterocycles. The topological polar surface area (TPSA) is 80.3 Å². The predicted octanol–water partition coefficient (Wildman–Crippen LogP) is 4.97. The van der Waals surface area contributed by atoms with Crippen LogP contribution in [0, 0.1) is 5.41 Å². The van der Waals surface area contributed by atoms with Crippen LogP contribution in [0.1, 0.15) is 33.6 Å². The molecule has 0 aliphatic carbocycles. The van der Waals surface area contributed by atoms with Crippen molar-refractivity contribution in [2.75, 3.05) is 11.9 Å². The van der Waals surface area contributed by atoms with E-state index < -0.39 is 5.41 Å². The highest BCUT2D eigenvalue weighted by molar-refractivity contribution is 7.22. The van der Waals surface area contributed by atoms with Gasteiger partial charge < -0.3 is 15.4 Å². The molecule has 0 unspecified atom stereocenters. The van der Waals surface area contributed by atoms with Gasteiger partial charge in [-0.15, -0.1) is 0 Å². The largest absolute Gasteiger partial charge is 0.457 e. The zero-order valence-corrected chi connectivity index (χ0v) is 17.6. The van der Waals surface area contributed by atoms with Gasteiger partial charge in [0.15, 0.2) is 5.13 Å². The van der Waals surface area contributed by atoms with Crippen molar-refractivity contribution in [2.24, 2.45) is 5.41 Å². The lowest BCUT2D eigenvalue weighted by molar-refractivity contribution is -0.128. The summed E-state index contributed by atoms with van der Waals surface area (Å²) in [5, 5.41) is 6.23. The van der Waals surface area contributed by atoms with Gasteiger partial charge in [-0.05, 0) is 30.7 Å². The molecule has 29 heavy (non-hydrogen) atoms. The second kappa shape index (κ2) is 9.05. The average molecular weight is 412 g/mol. The predicted molar refractivity (Wildman–Crippen MR) is 116 cm³/mol. The van der Waals surface area contributed by atoms with Gasteiger partial charge in [0.1, 0.15) is 11.5 Å². The van der Waals surface area contributed by atoms with Crippen LogP contribution in [0.15, 0.2) is 48.5 Å². The summed E-state index contributed by atoms with van der Waals surface area (Å²) < 4.78 is 6.78. The number of para-hydroxylation sites is 1. The van der Waals surface area contributed by atoms with Crippen molar-refractivity contribution in [1.82, 2.24) is 10.3 Å². The molecule has 0 bridgehead atoms. The summed E-state index contributed by atoms with van der Waals surface area (Å²) in [7, 11) is 0. The van der Waals surface area contributed by atoms with Crippen LogP contribution in [0.25, 0.3) is 10.2 Å². The van der Waals surface area contributed by atoms with Crippen molar-refractivity contribution in [2.45, 2.75) is 33.6 Å². The first-order valence-electron chi connectivity index (χ1n) is 9.53. The molecule has 2 amide bonds. The Hall–Kier alpha value is -2.93. The van der Waals surface area contributed by atoms with Crippen LogP contribution in [0.5, 0.6) is 11.5 Å². The van der Waals surface area contributed by atoms with Crippen LogP contribution in [-0.4, -0.2) is 23.3 Å². The second-order valence-electron chi connectivity index (χ2n) is 7.72. The zero-order chi connectivity index (χ0) is 20.9. The summed E-state index contributed by atoms with van der Waals surface area (Å²) >= 11 is 1.41. The molecule has 0 saturated heterocycles. The van der Waals surface area contributed by atoms with Crippen LogP contribution in [0.2, 0.25) is 0 Å². The molecule has 2 N–H and O–H groups in total. The molecule has 1 heterocycles. The molecular formula is C22H25N3O3S. The van der Waals surface area contributed by atoms with Gasteiger partial charge in [-0.25, -0.2) is 4.98 Å². The van der Waals surface area contributed by atoms with E-state index in [4.69, 9.17) is 4.74 Å². The number of rotatable bonds is 7. The molecule has 1 aromatic heterocycles. The smallest absolute Gasteiger partial charge is 0.226 e. The van der Waals surface area contributed by atoms with Gasteiger partial charge >= 0.3 is 0 Å². The van der Waals surface area contributed by atoms with Crippen LogP contribution >= 0.6 is 11.3 Å². The first kappa shape index (κ1) is 20.8. The van der Waals surface area contributed by atoms with Gasteiger partial charge in [-0.1, -0.05) is 50.3 Å². The summed E-state index contributed by atoms with van der Waals surface area (Å²) in [5.74, 6) is 1.36. The van der Waals surface area contributed by atoms with E-state index in [1.54, 1.807) is 0 Å². The number of carbonyl (C=O) groups excluding carboxylic acids is 2. The minimum atomic E-state index is -0.424. The summed E-state index contributed by atoms with van der Waals surface area (Å²) in [6.07, 6.45) is 0.899. The summed E-state index contributed by atoms with van der Waals surface area (Å²) in [5.41, 5.74) is 0.384. The van der Waals surface area contributed by atoms with Crippen molar-refractivity contribution >= 4 is 38.5 Å². The van der Waals surface area contributed by atoms with Gasteiger partial charge in [0.05, 0.1) is 10.2 Å². The fraction of sp³-hybridized carbons (Fsp3) is 0.318. The molecular weight excluding hydrogens is 386 g/mol. The third-order valence-electron chi connectivity index (χ3n) is 4.13. The number of nitrogens with one attached hydrogen (secondary N) is 2. The van der Waals surface area contributed by atoms with Crippen molar-refractivity contribution < 1.29 is 14.3 Å². The second-order valence-corrected chi connectivity index (χ2v) is 8.75. The molecule has 3 aromatic rings. The number of anilines is 1. The average Bonchev–Trinajstić information content (AvgIpc) is 3.06. The summed E-state index contributed by atoms with van der Waals surface area (Å²) in [4.78, 5) is 28.4. The number of amides is 2. The van der Waals surface area contributed by atoms with Gasteiger partial charge in [0.25, 0.3) is 0 Å². The van der Waals surface area contributed by atoms with E-state index in [1.807, 2.05) is 69.3 Å². The molecule has 0 fully saturated rings. The lowest BCUT2D eigenvalue weighted by atomic mass is 9.96. The third kappa shape index (κ3) is 6.02. The summed E-state index contributed by atoms with van der Waals surface area (Å²) in [6, 6.07) is 15.2. The Balaban J connectivity index is 1.52. The fourth-order valence-electron chi connectivity index (χ4n) is 2.54. The minimum absolute atomic E-state index is 0.0161. The maximum absolute atomic E-state index is 12.2. The Morgan fingerprint density at radius 3 is 2.55 bits per heavy atom. The highest BCUT2D eigenvalue weighted by atomic mass is 32.1. The number of nitrogens with zero attached hydrogens (tertiary/aromatic N) is 1. The molecule has 6 nitrogen and oxygen atoms in total. The maximum atomic E-state index is 12.2. The molecule has 0 aliphatic rings. The standard InChI is InChI=1S/C22H25N3O3S/c1-22(2,3)20(27)23-13-7-10-19(26)25-21-24-17-12-11-16(14-18(17)29-21)28-15-8-5-4-6-9-15/h4-6,8-9,11-12,14H,7,10,13H2,1-3H3,(H,23,27)(H,24,25,26). The van der Waals surface area contributed by atoms with Crippen molar-refractivity contribution in [3.8, 4) is 11.5 Å². The van der Waals surface area contributed by atoms with Crippen molar-refractivity contribution in [3.63, 3.8) is 0 Å². The lowest BCUT2D eigenvalue weighted by Gasteiger charge is -2.17. The van der Waals surface area contributed by atoms with Gasteiger partial charge in [-0.2, -0.15) is 0 Å². The molecule has 3 rings (SSSR count). The van der Waals surface area contributed by atoms with Gasteiger partial charge in [-0.3, -0.25) is 9.59 Å². The van der Waals surface area contributed by atoms with Gasteiger partial charge in [0, 0.05) is 24.4 Å². The van der Waals surface area contributed by atoms with Crippen molar-refractivity contribution in [1.29, 1.82) is 0 Å². The Kier molecular flexibility index (Phi) is 6.49. The minimum Gasteiger partial charge on any atom is -0.457 e. The highest BCUT2D eigenvalue weighted by Crippen LogP contribution is 2.31. The van der Waals surface area contributed by atoms with E-state index in [1.165, 1.54) is 11.3 Å². The zero-order valence-electron chi connectivity index (χ0n) is 16.8. The highest BCUT2D eigenvalue weighted by Gasteiger charge is 2.20. The van der Waals surface area contributed by atoms with Crippen LogP contribution < -0.4 is 15.4 Å². The van der Waals surface area contributed by atoms with Gasteiger partial charge in [0.2, 0.25) is 11.8 Å². The van der Waals surface area contributed by atoms with Crippen LogP contribution in [0.3, 0.4) is 0 Å². The molecule has 0 spiro atoms. The number of hydrogen-bond donors (Lipinski definition) is 2. The monoisotopic (exact) mass is 411 g/mol. The molecule has 7 heteroatoms.